The first-order valence-corrected chi connectivity index (χ1v) is 9.65. The molecule has 1 heterocycles. The van der Waals surface area contributed by atoms with Gasteiger partial charge in [0, 0.05) is 12.4 Å². The quantitative estimate of drug-likeness (QED) is 0.568. The van der Waals surface area contributed by atoms with Crippen LogP contribution in [-0.2, 0) is 32.0 Å². The average molecular weight is 402 g/mol. The van der Waals surface area contributed by atoms with E-state index in [1.807, 2.05) is 48.9 Å². The van der Waals surface area contributed by atoms with Gasteiger partial charge in [0.2, 0.25) is 0 Å². The topological polar surface area (TPSA) is 79.7 Å². The van der Waals surface area contributed by atoms with Crippen molar-refractivity contribution in [3.8, 4) is 5.75 Å². The van der Waals surface area contributed by atoms with Gasteiger partial charge in [-0.15, -0.1) is 0 Å². The molecule has 1 aromatic heterocycles. The lowest BCUT2D eigenvalue weighted by molar-refractivity contribution is -0.167. The van der Waals surface area contributed by atoms with Crippen LogP contribution in [-0.4, -0.2) is 42.3 Å². The molecule has 0 aliphatic rings. The summed E-state index contributed by atoms with van der Waals surface area (Å²) in [5.74, 6) is -0.806. The maximum absolute atomic E-state index is 12.7. The number of ether oxygens (including phenoxy) is 3. The zero-order valence-electron chi connectivity index (χ0n) is 17.8. The fourth-order valence-electron chi connectivity index (χ4n) is 3.75. The highest BCUT2D eigenvalue weighted by Crippen LogP contribution is 2.39. The van der Waals surface area contributed by atoms with Gasteiger partial charge >= 0.3 is 11.9 Å². The lowest BCUT2D eigenvalue weighted by Gasteiger charge is -2.35. The molecule has 7 heteroatoms. The maximum atomic E-state index is 12.7. The fraction of sp³-hybridized carbons (Fsp3) is 0.500. The number of rotatable bonds is 10. The lowest BCUT2D eigenvalue weighted by Crippen LogP contribution is -2.45. The molecule has 2 rings (SSSR count). The Labute approximate surface area is 172 Å². The van der Waals surface area contributed by atoms with Crippen molar-refractivity contribution in [2.75, 3.05) is 20.8 Å². The second kappa shape index (κ2) is 10.1. The summed E-state index contributed by atoms with van der Waals surface area (Å²) in [7, 11) is 2.68. The fourth-order valence-corrected chi connectivity index (χ4v) is 3.75. The third kappa shape index (κ3) is 5.59. The van der Waals surface area contributed by atoms with Crippen molar-refractivity contribution in [1.82, 2.24) is 9.55 Å². The van der Waals surface area contributed by atoms with Crippen LogP contribution in [0.5, 0.6) is 5.75 Å². The molecule has 0 radical (unpaired) electrons. The van der Waals surface area contributed by atoms with Crippen LogP contribution in [0, 0.1) is 17.3 Å². The number of benzene rings is 1. The van der Waals surface area contributed by atoms with Crippen molar-refractivity contribution in [3.63, 3.8) is 0 Å². The van der Waals surface area contributed by atoms with Crippen molar-refractivity contribution in [2.45, 2.75) is 33.7 Å². The van der Waals surface area contributed by atoms with Gasteiger partial charge in [0.1, 0.15) is 12.4 Å². The Bertz CT molecular complexity index is 786. The summed E-state index contributed by atoms with van der Waals surface area (Å²) in [4.78, 5) is 29.1. The van der Waals surface area contributed by atoms with Gasteiger partial charge in [-0.25, -0.2) is 4.98 Å². The number of hydrogen-bond acceptors (Lipinski definition) is 6. The Hall–Kier alpha value is -2.83. The van der Waals surface area contributed by atoms with Gasteiger partial charge in [0.05, 0.1) is 38.4 Å². The largest absolute Gasteiger partial charge is 0.492 e. The van der Waals surface area contributed by atoms with Gasteiger partial charge in [-0.1, -0.05) is 26.0 Å². The van der Waals surface area contributed by atoms with E-state index in [0.717, 1.165) is 11.3 Å². The van der Waals surface area contributed by atoms with Crippen LogP contribution in [0.15, 0.2) is 43.0 Å². The van der Waals surface area contributed by atoms with Crippen molar-refractivity contribution >= 4 is 11.9 Å². The summed E-state index contributed by atoms with van der Waals surface area (Å²) in [5.41, 5.74) is -0.130. The molecule has 158 valence electrons. The van der Waals surface area contributed by atoms with Crippen molar-refractivity contribution in [1.29, 1.82) is 0 Å². The van der Waals surface area contributed by atoms with Gasteiger partial charge in [0.25, 0.3) is 0 Å². The number of methoxy groups -OCH3 is 2. The Morgan fingerprint density at radius 1 is 1.14 bits per heavy atom. The molecule has 0 saturated carbocycles. The van der Waals surface area contributed by atoms with Gasteiger partial charge in [0.15, 0.2) is 0 Å². The van der Waals surface area contributed by atoms with E-state index >= 15 is 0 Å². The zero-order valence-corrected chi connectivity index (χ0v) is 17.8. The van der Waals surface area contributed by atoms with Gasteiger partial charge in [-0.2, -0.15) is 0 Å². The van der Waals surface area contributed by atoms with Gasteiger partial charge in [-0.05, 0) is 37.0 Å². The first-order chi connectivity index (χ1) is 13.8. The highest BCUT2D eigenvalue weighted by atomic mass is 16.5. The first kappa shape index (κ1) is 22.5. The van der Waals surface area contributed by atoms with Crippen molar-refractivity contribution in [3.05, 3.63) is 48.5 Å². The van der Waals surface area contributed by atoms with E-state index in [4.69, 9.17) is 14.2 Å². The van der Waals surface area contributed by atoms with E-state index in [0.29, 0.717) is 19.6 Å². The van der Waals surface area contributed by atoms with Crippen LogP contribution in [0.1, 0.15) is 26.3 Å². The molecule has 0 N–H and O–H groups in total. The Balaban J connectivity index is 2.12. The van der Waals surface area contributed by atoms with Crippen LogP contribution < -0.4 is 4.74 Å². The van der Waals surface area contributed by atoms with E-state index in [9.17, 15) is 9.59 Å². The average Bonchev–Trinajstić information content (AvgIpc) is 3.21. The molecule has 0 aliphatic heterocycles. The number of imidazole rings is 1. The molecule has 0 spiro atoms. The second-order valence-corrected chi connectivity index (χ2v) is 7.62. The number of esters is 2. The summed E-state index contributed by atoms with van der Waals surface area (Å²) in [6.45, 7) is 6.79. The van der Waals surface area contributed by atoms with Crippen LogP contribution in [0.25, 0.3) is 0 Å². The Morgan fingerprint density at radius 3 is 2.34 bits per heavy atom. The van der Waals surface area contributed by atoms with Crippen molar-refractivity contribution < 1.29 is 23.8 Å². The van der Waals surface area contributed by atoms with Gasteiger partial charge in [-0.3, -0.25) is 9.59 Å². The lowest BCUT2D eigenvalue weighted by atomic mass is 9.68. The standard InChI is InChI=1S/C22H30N2O5/c1-16(2)19(20(25)27-4)22(3,21(26)28-5)14-17-6-8-18(9-7-17)29-13-12-24-11-10-23-15-24/h6-11,15-16,19H,12-14H2,1-5H3. The Morgan fingerprint density at radius 2 is 1.83 bits per heavy atom. The molecule has 0 amide bonds. The monoisotopic (exact) mass is 402 g/mol. The molecule has 0 aliphatic carbocycles. The summed E-state index contributed by atoms with van der Waals surface area (Å²) in [6.07, 6.45) is 5.71. The summed E-state index contributed by atoms with van der Waals surface area (Å²) in [5, 5.41) is 0. The van der Waals surface area contributed by atoms with E-state index in [1.165, 1.54) is 14.2 Å². The number of nitrogens with zero attached hydrogens (tertiary/aromatic N) is 2. The van der Waals surface area contributed by atoms with Gasteiger partial charge < -0.3 is 18.8 Å². The molecule has 2 atom stereocenters. The third-order valence-electron chi connectivity index (χ3n) is 5.13. The number of carbonyl (C=O) groups excluding carboxylic acids is 2. The predicted molar refractivity (Wildman–Crippen MR) is 108 cm³/mol. The minimum Gasteiger partial charge on any atom is -0.492 e. The molecular formula is C22H30N2O5. The van der Waals surface area contributed by atoms with Crippen molar-refractivity contribution in [2.24, 2.45) is 17.3 Å². The molecule has 7 nitrogen and oxygen atoms in total. The molecule has 0 saturated heterocycles. The maximum Gasteiger partial charge on any atom is 0.312 e. The van der Waals surface area contributed by atoms with Crippen LogP contribution in [0.3, 0.4) is 0 Å². The van der Waals surface area contributed by atoms with E-state index in [2.05, 4.69) is 4.98 Å². The molecule has 2 unspecified atom stereocenters. The molecule has 2 aromatic rings. The Kier molecular flexibility index (Phi) is 7.82. The molecule has 1 aromatic carbocycles. The summed E-state index contributed by atoms with van der Waals surface area (Å²) >= 11 is 0. The first-order valence-electron chi connectivity index (χ1n) is 9.65. The van der Waals surface area contributed by atoms with E-state index < -0.39 is 23.3 Å². The number of carbonyl (C=O) groups is 2. The third-order valence-corrected chi connectivity index (χ3v) is 5.13. The molecule has 29 heavy (non-hydrogen) atoms. The van der Waals surface area contributed by atoms with Crippen LogP contribution in [0.2, 0.25) is 0 Å². The predicted octanol–water partition coefficient (Wildman–Crippen LogP) is 3.13. The van der Waals surface area contributed by atoms with E-state index in [-0.39, 0.29) is 5.92 Å². The minimum atomic E-state index is -1.04. The number of hydrogen-bond donors (Lipinski definition) is 0. The second-order valence-electron chi connectivity index (χ2n) is 7.62. The number of aromatic nitrogens is 2. The molecule has 0 bridgehead atoms. The zero-order chi connectivity index (χ0) is 21.4. The SMILES string of the molecule is COC(=O)C(C(C)C)C(C)(Cc1ccc(OCCn2ccnc2)cc1)C(=O)OC. The van der Waals surface area contributed by atoms with Crippen LogP contribution >= 0.6 is 0 Å². The highest BCUT2D eigenvalue weighted by molar-refractivity contribution is 5.85. The molecule has 0 fully saturated rings. The van der Waals surface area contributed by atoms with Crippen LogP contribution in [0.4, 0.5) is 0 Å². The van der Waals surface area contributed by atoms with E-state index in [1.54, 1.807) is 19.4 Å². The smallest absolute Gasteiger partial charge is 0.312 e. The minimum absolute atomic E-state index is 0.0858. The normalized spacial score (nSPS) is 14.1. The molecular weight excluding hydrogens is 372 g/mol. The summed E-state index contributed by atoms with van der Waals surface area (Å²) < 4.78 is 17.7. The highest BCUT2D eigenvalue weighted by Gasteiger charge is 2.48. The summed E-state index contributed by atoms with van der Waals surface area (Å²) in [6, 6.07) is 7.54.